The summed E-state index contributed by atoms with van der Waals surface area (Å²) in [6.45, 7) is 1.87. The lowest BCUT2D eigenvalue weighted by atomic mass is 10.2. The van der Waals surface area contributed by atoms with Crippen LogP contribution >= 0.6 is 0 Å². The van der Waals surface area contributed by atoms with Crippen molar-refractivity contribution in [1.29, 1.82) is 0 Å². The van der Waals surface area contributed by atoms with Crippen molar-refractivity contribution in [2.45, 2.75) is 38.6 Å². The van der Waals surface area contributed by atoms with Gasteiger partial charge in [-0.2, -0.15) is 0 Å². The Morgan fingerprint density at radius 2 is 1.94 bits per heavy atom. The minimum Gasteiger partial charge on any atom is -0.353 e. The summed E-state index contributed by atoms with van der Waals surface area (Å²) in [4.78, 5) is 30.0. The lowest BCUT2D eigenvalue weighted by molar-refractivity contribution is 0.483. The average Bonchev–Trinajstić information content (AvgIpc) is 2.87. The molecule has 0 saturated heterocycles. The summed E-state index contributed by atoms with van der Waals surface area (Å²) in [5, 5.41) is 0. The van der Waals surface area contributed by atoms with Crippen molar-refractivity contribution in [1.82, 2.24) is 14.5 Å². The summed E-state index contributed by atoms with van der Waals surface area (Å²) in [6, 6.07) is 1.86. The normalized spacial score (nSPS) is 17.0. The number of nitrogens with zero attached hydrogens (tertiary/aromatic N) is 1. The molecule has 2 aromatic rings. The molecule has 17 heavy (non-hydrogen) atoms. The summed E-state index contributed by atoms with van der Waals surface area (Å²) in [5.74, 6) is 0. The predicted octanol–water partition coefficient (Wildman–Crippen LogP) is 1.44. The highest BCUT2D eigenvalue weighted by Crippen LogP contribution is 2.27. The molecule has 2 aromatic heterocycles. The van der Waals surface area contributed by atoms with Crippen molar-refractivity contribution in [3.63, 3.8) is 0 Å². The van der Waals surface area contributed by atoms with Crippen LogP contribution in [0.25, 0.3) is 11.0 Å². The number of aryl methyl sites for hydroxylation is 1. The molecule has 0 amide bonds. The largest absolute Gasteiger partial charge is 0.353 e. The number of aromatic nitrogens is 3. The van der Waals surface area contributed by atoms with Gasteiger partial charge >= 0.3 is 5.69 Å². The van der Waals surface area contributed by atoms with Gasteiger partial charge in [-0.05, 0) is 25.8 Å². The van der Waals surface area contributed by atoms with Crippen LogP contribution in [0, 0.1) is 6.92 Å². The van der Waals surface area contributed by atoms with Gasteiger partial charge < -0.3 is 9.97 Å². The van der Waals surface area contributed by atoms with Crippen molar-refractivity contribution < 1.29 is 0 Å². The molecule has 0 aromatic carbocycles. The quantitative estimate of drug-likeness (QED) is 0.782. The zero-order valence-corrected chi connectivity index (χ0v) is 9.75. The minimum atomic E-state index is -0.284. The van der Waals surface area contributed by atoms with Gasteiger partial charge in [-0.25, -0.2) is 4.79 Å². The van der Waals surface area contributed by atoms with Gasteiger partial charge in [-0.15, -0.1) is 0 Å². The fourth-order valence-electron chi connectivity index (χ4n) is 2.74. The maximum atomic E-state index is 12.3. The molecule has 1 saturated carbocycles. The Labute approximate surface area is 97.5 Å². The SMILES string of the molecule is Cc1cc2[nH]c(=O)n(C3CCCC3)c(=O)c2[nH]1. The smallest absolute Gasteiger partial charge is 0.329 e. The first-order chi connectivity index (χ1) is 8.16. The number of rotatable bonds is 1. The van der Waals surface area contributed by atoms with Gasteiger partial charge in [0.25, 0.3) is 5.56 Å². The molecule has 2 N–H and O–H groups in total. The van der Waals surface area contributed by atoms with Gasteiger partial charge in [-0.1, -0.05) is 12.8 Å². The molecule has 5 nitrogen and oxygen atoms in total. The third kappa shape index (κ3) is 1.53. The van der Waals surface area contributed by atoms with E-state index in [0.29, 0.717) is 11.0 Å². The molecule has 0 atom stereocenters. The second kappa shape index (κ2) is 3.61. The van der Waals surface area contributed by atoms with Crippen molar-refractivity contribution >= 4 is 11.0 Å². The molecule has 0 radical (unpaired) electrons. The van der Waals surface area contributed by atoms with Gasteiger partial charge in [-0.3, -0.25) is 9.36 Å². The van der Waals surface area contributed by atoms with Crippen LogP contribution in [0.1, 0.15) is 37.4 Å². The predicted molar refractivity (Wildman–Crippen MR) is 65.4 cm³/mol. The van der Waals surface area contributed by atoms with Crippen LogP contribution in [0.15, 0.2) is 15.7 Å². The molecule has 5 heteroatoms. The van der Waals surface area contributed by atoms with Gasteiger partial charge in [0.2, 0.25) is 0 Å². The van der Waals surface area contributed by atoms with Crippen molar-refractivity contribution in [3.8, 4) is 0 Å². The number of hydrogen-bond donors (Lipinski definition) is 2. The van der Waals surface area contributed by atoms with Crippen LogP contribution in [-0.4, -0.2) is 14.5 Å². The number of hydrogen-bond acceptors (Lipinski definition) is 2. The third-order valence-corrected chi connectivity index (χ3v) is 3.54. The van der Waals surface area contributed by atoms with Crippen molar-refractivity contribution in [3.05, 3.63) is 32.6 Å². The highest BCUT2D eigenvalue weighted by atomic mass is 16.2. The van der Waals surface area contributed by atoms with Gasteiger partial charge in [0.15, 0.2) is 0 Å². The van der Waals surface area contributed by atoms with Crippen LogP contribution in [0.2, 0.25) is 0 Å². The van der Waals surface area contributed by atoms with Gasteiger partial charge in [0, 0.05) is 11.7 Å². The summed E-state index contributed by atoms with van der Waals surface area (Å²) in [7, 11) is 0. The van der Waals surface area contributed by atoms with Crippen LogP contribution in [0.3, 0.4) is 0 Å². The number of H-pyrrole nitrogens is 2. The molecule has 0 spiro atoms. The Balaban J connectivity index is 2.30. The van der Waals surface area contributed by atoms with E-state index < -0.39 is 0 Å². The van der Waals surface area contributed by atoms with Gasteiger partial charge in [0.05, 0.1) is 5.52 Å². The van der Waals surface area contributed by atoms with E-state index >= 15 is 0 Å². The fourth-order valence-corrected chi connectivity index (χ4v) is 2.74. The molecule has 1 fully saturated rings. The number of fused-ring (bicyclic) bond motifs is 1. The molecule has 90 valence electrons. The highest BCUT2D eigenvalue weighted by Gasteiger charge is 2.21. The summed E-state index contributed by atoms with van der Waals surface area (Å²) >= 11 is 0. The number of nitrogens with one attached hydrogen (secondary N) is 2. The molecule has 3 rings (SSSR count). The average molecular weight is 233 g/mol. The van der Waals surface area contributed by atoms with E-state index in [-0.39, 0.29) is 17.3 Å². The van der Waals surface area contributed by atoms with Crippen LogP contribution < -0.4 is 11.2 Å². The summed E-state index contributed by atoms with van der Waals surface area (Å²) < 4.78 is 1.38. The molecule has 0 bridgehead atoms. The molecule has 1 aliphatic carbocycles. The van der Waals surface area contributed by atoms with E-state index in [4.69, 9.17) is 0 Å². The zero-order chi connectivity index (χ0) is 12.0. The Morgan fingerprint density at radius 1 is 1.24 bits per heavy atom. The minimum absolute atomic E-state index is 0.0688. The Hall–Kier alpha value is -1.78. The highest BCUT2D eigenvalue weighted by molar-refractivity contribution is 5.74. The van der Waals surface area contributed by atoms with E-state index in [0.717, 1.165) is 31.4 Å². The second-order valence-corrected chi connectivity index (χ2v) is 4.78. The van der Waals surface area contributed by atoms with E-state index in [1.54, 1.807) is 6.07 Å². The van der Waals surface area contributed by atoms with E-state index in [1.165, 1.54) is 4.57 Å². The molecule has 0 unspecified atom stereocenters. The first-order valence-electron chi connectivity index (χ1n) is 6.01. The molecule has 1 aliphatic rings. The topological polar surface area (TPSA) is 70.7 Å². The molecule has 2 heterocycles. The van der Waals surface area contributed by atoms with Gasteiger partial charge in [0.1, 0.15) is 5.52 Å². The second-order valence-electron chi connectivity index (χ2n) is 4.78. The number of aromatic amines is 2. The molecule has 0 aliphatic heterocycles. The van der Waals surface area contributed by atoms with E-state index in [9.17, 15) is 9.59 Å². The van der Waals surface area contributed by atoms with E-state index in [1.807, 2.05) is 6.92 Å². The Morgan fingerprint density at radius 3 is 2.65 bits per heavy atom. The van der Waals surface area contributed by atoms with Crippen molar-refractivity contribution in [2.24, 2.45) is 0 Å². The van der Waals surface area contributed by atoms with Crippen molar-refractivity contribution in [2.75, 3.05) is 0 Å². The lowest BCUT2D eigenvalue weighted by Crippen LogP contribution is -2.37. The zero-order valence-electron chi connectivity index (χ0n) is 9.75. The summed E-state index contributed by atoms with van der Waals surface area (Å²) in [5.41, 5.74) is 1.52. The first kappa shape index (κ1) is 10.4. The third-order valence-electron chi connectivity index (χ3n) is 3.54. The molecular weight excluding hydrogens is 218 g/mol. The Bertz CT molecular complexity index is 671. The van der Waals surface area contributed by atoms with E-state index in [2.05, 4.69) is 9.97 Å². The van der Waals surface area contributed by atoms with Crippen LogP contribution in [0.5, 0.6) is 0 Å². The molecular formula is C12H15N3O2. The van der Waals surface area contributed by atoms with Crippen LogP contribution in [0.4, 0.5) is 0 Å². The lowest BCUT2D eigenvalue weighted by Gasteiger charge is -2.11. The Kier molecular flexibility index (Phi) is 2.21. The van der Waals surface area contributed by atoms with Crippen LogP contribution in [-0.2, 0) is 0 Å². The maximum absolute atomic E-state index is 12.3. The summed E-state index contributed by atoms with van der Waals surface area (Å²) in [6.07, 6.45) is 4.04. The standard InChI is InChI=1S/C12H15N3O2/c1-7-6-9-10(13-7)11(16)15(12(17)14-9)8-4-2-3-5-8/h6,8,13H,2-5H2,1H3,(H,14,17). The maximum Gasteiger partial charge on any atom is 0.329 e. The monoisotopic (exact) mass is 233 g/mol. The first-order valence-corrected chi connectivity index (χ1v) is 6.01. The fraction of sp³-hybridized carbons (Fsp3) is 0.500.